The van der Waals surface area contributed by atoms with Gasteiger partial charge in [-0.2, -0.15) is 0 Å². The van der Waals surface area contributed by atoms with Gasteiger partial charge in [0.2, 0.25) is 0 Å². The summed E-state index contributed by atoms with van der Waals surface area (Å²) in [5.74, 6) is 3.47. The zero-order valence-corrected chi connectivity index (χ0v) is 28.3. The van der Waals surface area contributed by atoms with Crippen LogP contribution in [0.5, 0.6) is 5.75 Å². The van der Waals surface area contributed by atoms with Gasteiger partial charge in [-0.05, 0) is 127 Å². The maximum atomic E-state index is 12.6. The van der Waals surface area contributed by atoms with Crippen LogP contribution < -0.4 is 14.8 Å². The molecule has 0 spiro atoms. The van der Waals surface area contributed by atoms with Crippen LogP contribution in [0.15, 0.2) is 29.2 Å². The van der Waals surface area contributed by atoms with E-state index in [9.17, 15) is 14.5 Å². The summed E-state index contributed by atoms with van der Waals surface area (Å²) in [6.45, 7) is 12.7. The molecule has 4 aliphatic carbocycles. The Labute approximate surface area is 263 Å². The minimum absolute atomic E-state index is 0.138. The van der Waals surface area contributed by atoms with Crippen molar-refractivity contribution in [3.63, 3.8) is 0 Å². The molecule has 4 fully saturated rings. The van der Waals surface area contributed by atoms with Crippen molar-refractivity contribution in [1.29, 1.82) is 0 Å². The molecule has 43 heavy (non-hydrogen) atoms. The molecule has 0 aromatic heterocycles. The lowest BCUT2D eigenvalue weighted by Crippen LogP contribution is -2.63. The van der Waals surface area contributed by atoms with E-state index in [1.807, 2.05) is 7.11 Å². The second-order valence-corrected chi connectivity index (χ2v) is 16.2. The maximum Gasteiger partial charge on any atom is 0.356 e. The number of rotatable bonds is 9. The molecule has 1 aromatic carbocycles. The smallest absolute Gasteiger partial charge is 0.356 e. The first kappa shape index (κ1) is 32.9. The molecule has 8 heteroatoms. The van der Waals surface area contributed by atoms with Crippen molar-refractivity contribution in [3.05, 3.63) is 24.3 Å². The lowest BCUT2D eigenvalue weighted by atomic mass is 9.40. The summed E-state index contributed by atoms with van der Waals surface area (Å²) in [6, 6.07) is 6.45. The lowest BCUT2D eigenvalue weighted by Gasteiger charge is -2.66. The Hall–Kier alpha value is -1.48. The molecule has 5 rings (SSSR count). The minimum atomic E-state index is -1.63. The van der Waals surface area contributed by atoms with Crippen LogP contribution in [0.1, 0.15) is 92.4 Å². The number of fused-ring (bicyclic) bond motifs is 5. The van der Waals surface area contributed by atoms with Crippen LogP contribution in [0.25, 0.3) is 0 Å². The predicted octanol–water partition coefficient (Wildman–Crippen LogP) is 6.71. The van der Waals surface area contributed by atoms with E-state index in [4.69, 9.17) is 9.47 Å². The molecular formula is C35H56N2O5S. The van der Waals surface area contributed by atoms with Crippen molar-refractivity contribution in [2.24, 2.45) is 51.8 Å². The van der Waals surface area contributed by atoms with E-state index in [0.29, 0.717) is 58.8 Å². The monoisotopic (exact) mass is 616 g/mol. The number of carbonyl (C=O) groups excluding carboxylic acids is 1. The zero-order valence-electron chi connectivity index (χ0n) is 27.5. The van der Waals surface area contributed by atoms with Gasteiger partial charge < -0.3 is 24.4 Å². The highest BCUT2D eigenvalue weighted by Gasteiger charge is 2.67. The summed E-state index contributed by atoms with van der Waals surface area (Å²) < 4.78 is 26.2. The zero-order chi connectivity index (χ0) is 31.2. The van der Waals surface area contributed by atoms with E-state index >= 15 is 0 Å². The van der Waals surface area contributed by atoms with E-state index in [2.05, 4.69) is 44.7 Å². The topological polar surface area (TPSA) is 103 Å². The van der Waals surface area contributed by atoms with Gasteiger partial charge in [0.05, 0.1) is 19.3 Å². The molecule has 0 radical (unpaired) electrons. The third kappa shape index (κ3) is 5.61. The average Bonchev–Trinajstić information content (AvgIpc) is 3.28. The van der Waals surface area contributed by atoms with E-state index in [1.54, 1.807) is 31.4 Å². The number of methoxy groups -OCH3 is 2. The molecular weight excluding hydrogens is 560 g/mol. The molecule has 4 saturated carbocycles. The maximum absolute atomic E-state index is 12.6. The van der Waals surface area contributed by atoms with Crippen molar-refractivity contribution < 1.29 is 23.9 Å². The number of hydrogen-bond acceptors (Lipinski definition) is 5. The number of hydrogen-bond donors (Lipinski definition) is 3. The number of aliphatic hydroxyl groups excluding tert-OH is 1. The van der Waals surface area contributed by atoms with Crippen molar-refractivity contribution in [3.8, 4) is 5.75 Å². The first-order valence-corrected chi connectivity index (χ1v) is 17.9. The second kappa shape index (κ2) is 12.7. The SMILES string of the molecule is CC[C@H]1[C@@H](O)[C@@H]2[C@H](CC[C@@]3(C)[C@H]2CC[C@]3(C)[C@H](C)CCNC(=O)N[S@@+]([O-])c2ccc(OC)cc2)[C@@]2(C)CC[C@@H](OC)C[C@@H]12. The van der Waals surface area contributed by atoms with E-state index in [-0.39, 0.29) is 22.3 Å². The van der Waals surface area contributed by atoms with Crippen molar-refractivity contribution >= 4 is 17.4 Å². The van der Waals surface area contributed by atoms with Crippen LogP contribution >= 0.6 is 0 Å². The Balaban J connectivity index is 1.23. The van der Waals surface area contributed by atoms with Crippen LogP contribution in [0.3, 0.4) is 0 Å². The molecule has 12 atom stereocenters. The lowest BCUT2D eigenvalue weighted by molar-refractivity contribution is -0.211. The number of amides is 2. The number of carbonyl (C=O) groups is 1. The highest BCUT2D eigenvalue weighted by molar-refractivity contribution is 7.90. The highest BCUT2D eigenvalue weighted by Crippen LogP contribution is 2.72. The van der Waals surface area contributed by atoms with E-state index in [0.717, 1.165) is 25.7 Å². The number of benzene rings is 1. The molecule has 7 nitrogen and oxygen atoms in total. The normalized spacial score (nSPS) is 41.7. The molecule has 0 heterocycles. The highest BCUT2D eigenvalue weighted by atomic mass is 32.2. The predicted molar refractivity (Wildman–Crippen MR) is 171 cm³/mol. The van der Waals surface area contributed by atoms with Crippen LogP contribution in [0.4, 0.5) is 4.79 Å². The Kier molecular flexibility index (Phi) is 9.74. The van der Waals surface area contributed by atoms with Gasteiger partial charge in [-0.15, -0.1) is 4.72 Å². The summed E-state index contributed by atoms with van der Waals surface area (Å²) in [6.07, 6.45) is 10.2. The largest absolute Gasteiger partial charge is 0.588 e. The van der Waals surface area contributed by atoms with E-state index in [1.165, 1.54) is 32.1 Å². The summed E-state index contributed by atoms with van der Waals surface area (Å²) in [5, 5.41) is 15.1. The first-order chi connectivity index (χ1) is 20.4. The molecule has 242 valence electrons. The molecule has 0 unspecified atom stereocenters. The van der Waals surface area contributed by atoms with Gasteiger partial charge in [0.25, 0.3) is 0 Å². The standard InChI is InChI=1S/C35H56N2O5S/c1-8-26-29-21-24(42-7)13-17-33(29,3)27-14-19-35(5)28(30(27)31(26)38)15-18-34(35,4)22(2)16-20-36-32(39)37-43(40)25-11-9-23(41-6)10-12-25/h9-12,22,24,26-31,38H,8,13-21H2,1-7H3,(H2,36,37,39)/t22-,24-,26-,27+,28+,29+,30-,31-,33-,34-,35+,43+/m1/s1. The Morgan fingerprint density at radius 1 is 1.07 bits per heavy atom. The fraction of sp³-hybridized carbons (Fsp3) is 0.800. The van der Waals surface area contributed by atoms with Gasteiger partial charge >= 0.3 is 6.03 Å². The number of nitrogens with one attached hydrogen (secondary N) is 2. The molecule has 3 N–H and O–H groups in total. The summed E-state index contributed by atoms with van der Waals surface area (Å²) in [4.78, 5) is 13.1. The van der Waals surface area contributed by atoms with Crippen molar-refractivity contribution in [1.82, 2.24) is 10.0 Å². The number of aliphatic hydroxyl groups is 1. The Bertz CT molecular complexity index is 1120. The van der Waals surface area contributed by atoms with Crippen LogP contribution in [-0.4, -0.2) is 48.7 Å². The average molecular weight is 617 g/mol. The molecule has 0 bridgehead atoms. The third-order valence-electron chi connectivity index (χ3n) is 13.8. The van der Waals surface area contributed by atoms with E-state index < -0.39 is 17.4 Å². The number of ether oxygens (including phenoxy) is 2. The van der Waals surface area contributed by atoms with Crippen molar-refractivity contribution in [2.45, 2.75) is 110 Å². The molecule has 1 aromatic rings. The fourth-order valence-corrected chi connectivity index (χ4v) is 11.6. The van der Waals surface area contributed by atoms with Crippen LogP contribution in [0.2, 0.25) is 0 Å². The van der Waals surface area contributed by atoms with Crippen molar-refractivity contribution in [2.75, 3.05) is 20.8 Å². The summed E-state index contributed by atoms with van der Waals surface area (Å²) in [5.41, 5.74) is 0.590. The Morgan fingerprint density at radius 2 is 1.77 bits per heavy atom. The third-order valence-corrected chi connectivity index (χ3v) is 14.9. The van der Waals surface area contributed by atoms with Gasteiger partial charge in [0.15, 0.2) is 4.90 Å². The van der Waals surface area contributed by atoms with Gasteiger partial charge in [-0.25, -0.2) is 4.79 Å². The van der Waals surface area contributed by atoms with Gasteiger partial charge in [-0.3, -0.25) is 0 Å². The second-order valence-electron chi connectivity index (χ2n) is 15.0. The Morgan fingerprint density at radius 3 is 2.42 bits per heavy atom. The summed E-state index contributed by atoms with van der Waals surface area (Å²) in [7, 11) is 3.44. The van der Waals surface area contributed by atoms with Crippen LogP contribution in [-0.2, 0) is 16.1 Å². The molecule has 4 aliphatic rings. The first-order valence-electron chi connectivity index (χ1n) is 16.7. The fourth-order valence-electron chi connectivity index (χ4n) is 10.9. The molecule has 0 saturated heterocycles. The van der Waals surface area contributed by atoms with Gasteiger partial charge in [0, 0.05) is 13.7 Å². The molecule has 2 amide bonds. The summed E-state index contributed by atoms with van der Waals surface area (Å²) >= 11 is -1.63. The minimum Gasteiger partial charge on any atom is -0.588 e. The van der Waals surface area contributed by atoms with Gasteiger partial charge in [0.1, 0.15) is 17.1 Å². The van der Waals surface area contributed by atoms with Gasteiger partial charge in [-0.1, -0.05) is 41.0 Å². The molecule has 0 aliphatic heterocycles. The van der Waals surface area contributed by atoms with Crippen LogP contribution in [0, 0.1) is 51.8 Å². The number of urea groups is 1. The quantitative estimate of drug-likeness (QED) is 0.268.